The van der Waals surface area contributed by atoms with E-state index in [-0.39, 0.29) is 0 Å². The molecule has 3 rings (SSSR count). The van der Waals surface area contributed by atoms with Crippen LogP contribution in [0.4, 0.5) is 22.3 Å². The lowest BCUT2D eigenvalue weighted by molar-refractivity contribution is 0.368. The van der Waals surface area contributed by atoms with Crippen molar-refractivity contribution in [2.45, 2.75) is 26.7 Å². The molecule has 1 aromatic heterocycles. The molecule has 0 saturated heterocycles. The first-order valence-corrected chi connectivity index (χ1v) is 12.2. The summed E-state index contributed by atoms with van der Waals surface area (Å²) in [6, 6.07) is 20.6. The third kappa shape index (κ3) is 9.74. The molecule has 2 N–H and O–H groups in total. The Morgan fingerprint density at radius 3 is 1.58 bits per heavy atom. The predicted molar refractivity (Wildman–Crippen MR) is 146 cm³/mol. The van der Waals surface area contributed by atoms with Gasteiger partial charge in [-0.15, -0.1) is 0 Å². The van der Waals surface area contributed by atoms with Crippen LogP contribution < -0.4 is 15.2 Å². The number of allylic oxidation sites excluding steroid dienone is 2. The van der Waals surface area contributed by atoms with E-state index in [4.69, 9.17) is 15.2 Å². The topological polar surface area (TPSA) is 44.5 Å². The van der Waals surface area contributed by atoms with E-state index in [1.807, 2.05) is 24.3 Å². The summed E-state index contributed by atoms with van der Waals surface area (Å²) in [5, 5.41) is 0.815. The molecule has 3 aromatic rings. The third-order valence-corrected chi connectivity index (χ3v) is 6.13. The van der Waals surface area contributed by atoms with E-state index in [1.165, 1.54) is 21.6 Å². The van der Waals surface area contributed by atoms with Crippen LogP contribution in [0.1, 0.15) is 48.3 Å². The van der Waals surface area contributed by atoms with E-state index in [2.05, 4.69) is 62.4 Å². The zero-order chi connectivity index (χ0) is 26.7. The molecular weight excluding hydrogens is 489 g/mol. The molecule has 3 nitrogen and oxygen atoms in total. The number of methoxy groups -OCH3 is 2. The molecule has 0 aliphatic heterocycles. The van der Waals surface area contributed by atoms with E-state index in [1.54, 1.807) is 25.6 Å². The fraction of sp³-hybridized carbons (Fsp3) is 0.222. The standard InChI is InChI=1S/C27H30NO2S.BF4/c1-5-21(15-19-7-11-24(29-3)12-8-19)23-17-26(31-27(28)18-23)22(6-2)16-20-9-13-25(30-4)14-10-20;2-1(3,4)5/h7-18H,5-6,28H2,1-4H3;/q+1;-1. The average molecular weight is 519 g/mol. The Kier molecular flexibility index (Phi) is 11.0. The van der Waals surface area contributed by atoms with Gasteiger partial charge in [0, 0.05) is 17.7 Å². The van der Waals surface area contributed by atoms with Crippen LogP contribution in [0.2, 0.25) is 0 Å². The lowest BCUT2D eigenvalue weighted by atomic mass is 9.99. The summed E-state index contributed by atoms with van der Waals surface area (Å²) in [6.07, 6.45) is 6.30. The molecule has 0 bridgehead atoms. The molecule has 0 radical (unpaired) electrons. The monoisotopic (exact) mass is 519 g/mol. The minimum atomic E-state index is -6.00. The van der Waals surface area contributed by atoms with Crippen molar-refractivity contribution in [3.63, 3.8) is 0 Å². The highest BCUT2D eigenvalue weighted by atomic mass is 32.1. The number of nitrogen functional groups attached to an aromatic ring is 1. The van der Waals surface area contributed by atoms with Gasteiger partial charge in [-0.2, -0.15) is 0 Å². The molecule has 36 heavy (non-hydrogen) atoms. The van der Waals surface area contributed by atoms with Gasteiger partial charge in [0.05, 0.1) is 14.2 Å². The second-order valence-corrected chi connectivity index (χ2v) is 8.82. The first-order valence-electron chi connectivity index (χ1n) is 11.4. The highest BCUT2D eigenvalue weighted by molar-refractivity contribution is 7.16. The first kappa shape index (κ1) is 28.9. The average Bonchev–Trinajstić information content (AvgIpc) is 2.85. The van der Waals surface area contributed by atoms with Crippen LogP contribution in [0, 0.1) is 0 Å². The predicted octanol–water partition coefficient (Wildman–Crippen LogP) is 8.83. The van der Waals surface area contributed by atoms with Crippen molar-refractivity contribution in [3.8, 4) is 11.5 Å². The Hall–Kier alpha value is -3.33. The highest BCUT2D eigenvalue weighted by Gasteiger charge is 2.20. The van der Waals surface area contributed by atoms with Gasteiger partial charge in [0.2, 0.25) is 16.2 Å². The molecule has 0 fully saturated rings. The quantitative estimate of drug-likeness (QED) is 0.184. The summed E-state index contributed by atoms with van der Waals surface area (Å²) in [4.78, 5) is 1.20. The third-order valence-electron chi connectivity index (χ3n) is 5.17. The maximum atomic E-state index is 9.75. The van der Waals surface area contributed by atoms with Crippen LogP contribution in [0.3, 0.4) is 0 Å². The number of nitrogens with two attached hydrogens (primary N) is 1. The van der Waals surface area contributed by atoms with E-state index < -0.39 is 7.25 Å². The minimum absolute atomic E-state index is 0.815. The second-order valence-electron chi connectivity index (χ2n) is 7.70. The lowest BCUT2D eigenvalue weighted by Gasteiger charge is -2.07. The van der Waals surface area contributed by atoms with Gasteiger partial charge in [0.25, 0.3) is 5.00 Å². The molecule has 0 amide bonds. The number of ether oxygens (including phenoxy) is 2. The minimum Gasteiger partial charge on any atom is -0.497 e. The van der Waals surface area contributed by atoms with Crippen molar-refractivity contribution in [3.05, 3.63) is 82.2 Å². The van der Waals surface area contributed by atoms with Gasteiger partial charge < -0.3 is 32.5 Å². The maximum Gasteiger partial charge on any atom is 0.673 e. The molecule has 0 aliphatic carbocycles. The van der Waals surface area contributed by atoms with Crippen molar-refractivity contribution in [1.82, 2.24) is 0 Å². The van der Waals surface area contributed by atoms with Gasteiger partial charge >= 0.3 is 7.25 Å². The number of hydrogen-bond acceptors (Lipinski definition) is 3. The van der Waals surface area contributed by atoms with Crippen molar-refractivity contribution in [2.24, 2.45) is 0 Å². The zero-order valence-corrected chi connectivity index (χ0v) is 21.6. The summed E-state index contributed by atoms with van der Waals surface area (Å²) in [5.41, 5.74) is 12.3. The SMILES string of the molecule is CCC(=Cc1ccc(OC)cc1)c1cc(N)[s+]c(C(=Cc2ccc(OC)cc2)CC)c1.F[B-](F)(F)F. The lowest BCUT2D eigenvalue weighted by Crippen LogP contribution is -2.02. The van der Waals surface area contributed by atoms with Gasteiger partial charge in [0.15, 0.2) is 0 Å². The summed E-state index contributed by atoms with van der Waals surface area (Å²) in [7, 11) is -2.63. The van der Waals surface area contributed by atoms with Crippen LogP contribution in [-0.2, 0) is 0 Å². The van der Waals surface area contributed by atoms with Gasteiger partial charge in [-0.25, -0.2) is 0 Å². The van der Waals surface area contributed by atoms with E-state index >= 15 is 0 Å². The Morgan fingerprint density at radius 1 is 0.778 bits per heavy atom. The molecule has 192 valence electrons. The Morgan fingerprint density at radius 2 is 1.19 bits per heavy atom. The number of rotatable bonds is 8. The smallest absolute Gasteiger partial charge is 0.497 e. The highest BCUT2D eigenvalue weighted by Crippen LogP contribution is 2.33. The van der Waals surface area contributed by atoms with Crippen LogP contribution in [0.25, 0.3) is 23.3 Å². The number of benzene rings is 2. The largest absolute Gasteiger partial charge is 0.673 e. The Balaban J connectivity index is 0.000000830. The molecule has 0 atom stereocenters. The fourth-order valence-electron chi connectivity index (χ4n) is 3.41. The number of halogens is 4. The van der Waals surface area contributed by atoms with Gasteiger partial charge in [-0.05, 0) is 65.4 Å². The molecule has 1 heterocycles. The maximum absolute atomic E-state index is 9.75. The number of hydrogen-bond donors (Lipinski definition) is 1. The summed E-state index contributed by atoms with van der Waals surface area (Å²) in [6.45, 7) is 4.36. The molecule has 0 saturated carbocycles. The van der Waals surface area contributed by atoms with E-state index in [0.717, 1.165) is 40.5 Å². The normalized spacial score (nSPS) is 12.0. The van der Waals surface area contributed by atoms with Gasteiger partial charge in [0.1, 0.15) is 11.5 Å². The number of anilines is 1. The summed E-state index contributed by atoms with van der Waals surface area (Å²) >= 11 is 1.63. The van der Waals surface area contributed by atoms with Crippen LogP contribution in [-0.4, -0.2) is 21.5 Å². The van der Waals surface area contributed by atoms with Crippen molar-refractivity contribution < 1.29 is 26.7 Å². The van der Waals surface area contributed by atoms with Crippen molar-refractivity contribution in [2.75, 3.05) is 20.0 Å². The zero-order valence-electron chi connectivity index (χ0n) is 20.7. The Bertz CT molecular complexity index is 1090. The summed E-state index contributed by atoms with van der Waals surface area (Å²) in [5.74, 6) is 1.72. The Labute approximate surface area is 214 Å². The first-order chi connectivity index (χ1) is 17.1. The molecular formula is C27H30BF4NO2S. The van der Waals surface area contributed by atoms with E-state index in [0.29, 0.717) is 0 Å². The molecule has 0 spiro atoms. The van der Waals surface area contributed by atoms with Gasteiger partial charge in [-0.3, -0.25) is 0 Å². The van der Waals surface area contributed by atoms with Crippen molar-refractivity contribution in [1.29, 1.82) is 0 Å². The van der Waals surface area contributed by atoms with Crippen LogP contribution in [0.15, 0.2) is 60.7 Å². The molecule has 0 unspecified atom stereocenters. The molecule has 2 aromatic carbocycles. The van der Waals surface area contributed by atoms with Gasteiger partial charge in [-0.1, -0.05) is 44.2 Å². The summed E-state index contributed by atoms with van der Waals surface area (Å²) < 4.78 is 49.5. The molecule has 0 aliphatic rings. The fourth-order valence-corrected chi connectivity index (χ4v) is 4.37. The second kappa shape index (κ2) is 13.7. The van der Waals surface area contributed by atoms with Crippen molar-refractivity contribution >= 4 is 46.9 Å². The molecule has 9 heteroatoms. The van der Waals surface area contributed by atoms with Crippen LogP contribution >= 0.6 is 11.3 Å². The van der Waals surface area contributed by atoms with Crippen LogP contribution in [0.5, 0.6) is 11.5 Å². The van der Waals surface area contributed by atoms with E-state index in [9.17, 15) is 17.3 Å².